The summed E-state index contributed by atoms with van der Waals surface area (Å²) in [7, 11) is 0. The molecule has 1 aliphatic heterocycles. The molecule has 21 heavy (non-hydrogen) atoms. The van der Waals surface area contributed by atoms with Crippen LogP contribution in [0.1, 0.15) is 12.8 Å². The van der Waals surface area contributed by atoms with Crippen LogP contribution in [0.4, 0.5) is 5.82 Å². The maximum Gasteiger partial charge on any atom is 0.222 e. The van der Waals surface area contributed by atoms with Gasteiger partial charge in [0.15, 0.2) is 5.65 Å². The van der Waals surface area contributed by atoms with Gasteiger partial charge in [-0.1, -0.05) is 0 Å². The number of aliphatic hydroxyl groups excluding tert-OH is 1. The lowest BCUT2D eigenvalue weighted by Gasteiger charge is -2.32. The summed E-state index contributed by atoms with van der Waals surface area (Å²) in [4.78, 5) is 22.0. The van der Waals surface area contributed by atoms with Crippen LogP contribution in [0.3, 0.4) is 0 Å². The molecule has 0 saturated carbocycles. The minimum atomic E-state index is -0.263. The number of carbonyl (C=O) groups excluding carboxylic acids is 1. The highest BCUT2D eigenvalue weighted by molar-refractivity contribution is 5.87. The topological polar surface area (TPSA) is 110 Å². The molecule has 2 aromatic rings. The maximum absolute atomic E-state index is 11.4. The summed E-state index contributed by atoms with van der Waals surface area (Å²) >= 11 is 0. The van der Waals surface area contributed by atoms with Gasteiger partial charge in [0.25, 0.3) is 0 Å². The van der Waals surface area contributed by atoms with Gasteiger partial charge in [-0.3, -0.25) is 4.79 Å². The molecule has 0 aliphatic carbocycles. The molecule has 2 aromatic heterocycles. The summed E-state index contributed by atoms with van der Waals surface area (Å²) in [5, 5.41) is 14.1. The minimum Gasteiger partial charge on any atom is -0.394 e. The van der Waals surface area contributed by atoms with E-state index in [9.17, 15) is 4.79 Å². The quantitative estimate of drug-likeness (QED) is 0.787. The normalized spacial score (nSPS) is 19.1. The lowest BCUT2D eigenvalue weighted by Crippen LogP contribution is -2.41. The number of aliphatic hydroxyl groups is 1. The van der Waals surface area contributed by atoms with Gasteiger partial charge in [0, 0.05) is 13.1 Å². The largest absolute Gasteiger partial charge is 0.394 e. The Morgan fingerprint density at radius 2 is 2.33 bits per heavy atom. The van der Waals surface area contributed by atoms with E-state index in [1.807, 2.05) is 0 Å². The van der Waals surface area contributed by atoms with Gasteiger partial charge < -0.3 is 15.7 Å². The van der Waals surface area contributed by atoms with Gasteiger partial charge >= 0.3 is 0 Å². The predicted molar refractivity (Wildman–Crippen MR) is 76.5 cm³/mol. The zero-order valence-electron chi connectivity index (χ0n) is 11.6. The summed E-state index contributed by atoms with van der Waals surface area (Å²) in [5.41, 5.74) is 6.11. The van der Waals surface area contributed by atoms with Crippen molar-refractivity contribution in [2.45, 2.75) is 19.4 Å². The van der Waals surface area contributed by atoms with Gasteiger partial charge in [-0.05, 0) is 12.8 Å². The van der Waals surface area contributed by atoms with Gasteiger partial charge in [-0.15, -0.1) is 0 Å². The number of piperidine rings is 1. The van der Waals surface area contributed by atoms with Crippen LogP contribution in [0.15, 0.2) is 12.5 Å². The zero-order chi connectivity index (χ0) is 14.8. The molecule has 3 N–H and O–H groups in total. The minimum absolute atomic E-state index is 0.00355. The van der Waals surface area contributed by atoms with Crippen LogP contribution in [-0.2, 0) is 11.3 Å². The summed E-state index contributed by atoms with van der Waals surface area (Å²) in [6.07, 6.45) is 4.92. The molecule has 1 amide bonds. The van der Waals surface area contributed by atoms with E-state index >= 15 is 0 Å². The first-order valence-electron chi connectivity index (χ1n) is 7.02. The zero-order valence-corrected chi connectivity index (χ0v) is 11.6. The standard InChI is InChI=1S/C13H18N6O2/c14-11(21)9-2-1-3-18(7-9)12-10-6-17-19(4-5-20)13(10)16-8-15-12/h6,8-9,20H,1-5,7H2,(H2,14,21). The Balaban J connectivity index is 1.94. The van der Waals surface area contributed by atoms with Crippen molar-refractivity contribution in [3.63, 3.8) is 0 Å². The van der Waals surface area contributed by atoms with Crippen molar-refractivity contribution in [3.8, 4) is 0 Å². The highest BCUT2D eigenvalue weighted by Crippen LogP contribution is 2.27. The van der Waals surface area contributed by atoms with Crippen LogP contribution in [-0.4, -0.2) is 50.5 Å². The smallest absolute Gasteiger partial charge is 0.222 e. The van der Waals surface area contributed by atoms with Crippen molar-refractivity contribution in [3.05, 3.63) is 12.5 Å². The highest BCUT2D eigenvalue weighted by Gasteiger charge is 2.26. The van der Waals surface area contributed by atoms with Gasteiger partial charge in [-0.2, -0.15) is 5.10 Å². The van der Waals surface area contributed by atoms with Gasteiger partial charge in [0.1, 0.15) is 12.1 Å². The molecule has 3 rings (SSSR count). The fourth-order valence-corrected chi connectivity index (χ4v) is 2.79. The van der Waals surface area contributed by atoms with Crippen molar-refractivity contribution < 1.29 is 9.90 Å². The number of aromatic nitrogens is 4. The average molecular weight is 290 g/mol. The third-order valence-electron chi connectivity index (χ3n) is 3.85. The Hall–Kier alpha value is -2.22. The molecule has 1 atom stereocenters. The Morgan fingerprint density at radius 3 is 3.10 bits per heavy atom. The number of fused-ring (bicyclic) bond motifs is 1. The van der Waals surface area contributed by atoms with E-state index in [0.717, 1.165) is 30.6 Å². The van der Waals surface area contributed by atoms with E-state index in [-0.39, 0.29) is 18.4 Å². The van der Waals surface area contributed by atoms with Crippen LogP contribution < -0.4 is 10.6 Å². The monoisotopic (exact) mass is 290 g/mol. The highest BCUT2D eigenvalue weighted by atomic mass is 16.3. The summed E-state index contributed by atoms with van der Waals surface area (Å²) in [6, 6.07) is 0. The number of nitrogens with two attached hydrogens (primary N) is 1. The van der Waals surface area contributed by atoms with Crippen LogP contribution in [0, 0.1) is 5.92 Å². The Bertz CT molecular complexity index is 655. The maximum atomic E-state index is 11.4. The second kappa shape index (κ2) is 5.65. The third kappa shape index (κ3) is 2.54. The average Bonchev–Trinajstić information content (AvgIpc) is 2.91. The van der Waals surface area contributed by atoms with E-state index in [2.05, 4.69) is 20.0 Å². The number of primary amides is 1. The summed E-state index contributed by atoms with van der Waals surface area (Å²) in [5.74, 6) is 0.368. The predicted octanol–water partition coefficient (Wildman–Crippen LogP) is -0.480. The molecule has 0 radical (unpaired) electrons. The van der Waals surface area contributed by atoms with Crippen molar-refractivity contribution in [2.24, 2.45) is 11.7 Å². The first-order chi connectivity index (χ1) is 10.2. The molecular weight excluding hydrogens is 272 g/mol. The molecule has 1 unspecified atom stereocenters. The van der Waals surface area contributed by atoms with E-state index < -0.39 is 0 Å². The lowest BCUT2D eigenvalue weighted by atomic mass is 9.97. The molecule has 1 saturated heterocycles. The molecule has 112 valence electrons. The van der Waals surface area contributed by atoms with Gasteiger partial charge in [0.05, 0.1) is 30.7 Å². The van der Waals surface area contributed by atoms with Gasteiger partial charge in [0.2, 0.25) is 5.91 Å². The third-order valence-corrected chi connectivity index (χ3v) is 3.85. The van der Waals surface area contributed by atoms with E-state index in [0.29, 0.717) is 18.7 Å². The Morgan fingerprint density at radius 1 is 1.48 bits per heavy atom. The van der Waals surface area contributed by atoms with E-state index in [4.69, 9.17) is 10.8 Å². The number of anilines is 1. The number of carbonyl (C=O) groups is 1. The first kappa shape index (κ1) is 13.7. The van der Waals surface area contributed by atoms with Crippen LogP contribution >= 0.6 is 0 Å². The van der Waals surface area contributed by atoms with Crippen molar-refractivity contribution >= 4 is 22.8 Å². The lowest BCUT2D eigenvalue weighted by molar-refractivity contribution is -0.122. The molecule has 0 bridgehead atoms. The fraction of sp³-hybridized carbons (Fsp3) is 0.538. The molecular formula is C13H18N6O2. The van der Waals surface area contributed by atoms with E-state index in [1.54, 1.807) is 10.9 Å². The van der Waals surface area contributed by atoms with Crippen LogP contribution in [0.5, 0.6) is 0 Å². The number of amides is 1. The Labute approximate surface area is 121 Å². The number of hydrogen-bond acceptors (Lipinski definition) is 6. The van der Waals surface area contributed by atoms with Crippen molar-refractivity contribution in [2.75, 3.05) is 24.6 Å². The number of nitrogens with zero attached hydrogens (tertiary/aromatic N) is 5. The molecule has 1 fully saturated rings. The number of hydrogen-bond donors (Lipinski definition) is 2. The van der Waals surface area contributed by atoms with E-state index in [1.165, 1.54) is 6.33 Å². The SMILES string of the molecule is NC(=O)C1CCCN(c2ncnc3c2cnn3CCO)C1. The van der Waals surface area contributed by atoms with Crippen LogP contribution in [0.2, 0.25) is 0 Å². The summed E-state index contributed by atoms with van der Waals surface area (Å²) in [6.45, 7) is 1.81. The molecule has 8 nitrogen and oxygen atoms in total. The second-order valence-electron chi connectivity index (χ2n) is 5.21. The van der Waals surface area contributed by atoms with Crippen molar-refractivity contribution in [1.29, 1.82) is 0 Å². The number of rotatable bonds is 4. The fourth-order valence-electron chi connectivity index (χ4n) is 2.79. The Kier molecular flexibility index (Phi) is 3.70. The molecule has 1 aliphatic rings. The second-order valence-corrected chi connectivity index (χ2v) is 5.21. The first-order valence-corrected chi connectivity index (χ1v) is 7.02. The molecule has 0 aromatic carbocycles. The summed E-state index contributed by atoms with van der Waals surface area (Å²) < 4.78 is 1.65. The molecule has 8 heteroatoms. The van der Waals surface area contributed by atoms with Crippen LogP contribution in [0.25, 0.3) is 11.0 Å². The van der Waals surface area contributed by atoms with Crippen molar-refractivity contribution in [1.82, 2.24) is 19.7 Å². The van der Waals surface area contributed by atoms with Gasteiger partial charge in [-0.25, -0.2) is 14.6 Å². The molecule has 0 spiro atoms. The molecule has 3 heterocycles.